The van der Waals surface area contributed by atoms with Crippen LogP contribution in [0.4, 0.5) is 13.2 Å². The Labute approximate surface area is 103 Å². The molecule has 2 nitrogen and oxygen atoms in total. The van der Waals surface area contributed by atoms with E-state index in [4.69, 9.17) is 5.41 Å². The fourth-order valence-corrected chi connectivity index (χ4v) is 2.29. The van der Waals surface area contributed by atoms with Crippen LogP contribution < -0.4 is 5.32 Å². The van der Waals surface area contributed by atoms with Gasteiger partial charge in [-0.1, -0.05) is 12.1 Å². The van der Waals surface area contributed by atoms with Crippen molar-refractivity contribution in [3.63, 3.8) is 0 Å². The number of hydrogen-bond donors (Lipinski definition) is 2. The number of rotatable bonds is 2. The van der Waals surface area contributed by atoms with Crippen LogP contribution in [0.5, 0.6) is 0 Å². The second-order valence-corrected chi connectivity index (χ2v) is 4.45. The monoisotopic (exact) mass is 254 g/mol. The molecule has 1 saturated heterocycles. The number of halogens is 3. The van der Waals surface area contributed by atoms with Crippen molar-refractivity contribution in [2.45, 2.75) is 18.0 Å². The Morgan fingerprint density at radius 1 is 1.28 bits per heavy atom. The topological polar surface area (TPSA) is 35.9 Å². The van der Waals surface area contributed by atoms with Crippen molar-refractivity contribution in [2.75, 3.05) is 13.1 Å². The minimum absolute atomic E-state index is 0.397. The summed E-state index contributed by atoms with van der Waals surface area (Å²) in [5.74, 6) is 2.26. The van der Waals surface area contributed by atoms with Crippen molar-refractivity contribution in [2.24, 2.45) is 0 Å². The molecule has 1 aromatic carbocycles. The molecule has 2 rings (SSSR count). The fourth-order valence-electron chi connectivity index (χ4n) is 2.29. The summed E-state index contributed by atoms with van der Waals surface area (Å²) in [6.45, 7) is 1.42. The molecule has 0 bridgehead atoms. The third kappa shape index (κ3) is 2.33. The van der Waals surface area contributed by atoms with Gasteiger partial charge in [0, 0.05) is 12.0 Å². The summed E-state index contributed by atoms with van der Waals surface area (Å²) >= 11 is 0. The van der Waals surface area contributed by atoms with Crippen LogP contribution in [0.15, 0.2) is 30.3 Å². The zero-order chi connectivity index (χ0) is 13.2. The summed E-state index contributed by atoms with van der Waals surface area (Å²) in [7, 11) is 0. The molecule has 1 unspecified atom stereocenters. The summed E-state index contributed by atoms with van der Waals surface area (Å²) in [5, 5.41) is 10.2. The first kappa shape index (κ1) is 12.9. The largest absolute Gasteiger partial charge is 0.416 e. The predicted molar refractivity (Wildman–Crippen MR) is 62.9 cm³/mol. The van der Waals surface area contributed by atoms with Crippen LogP contribution in [0.1, 0.15) is 17.5 Å². The lowest BCUT2D eigenvalue weighted by Gasteiger charge is -2.24. The average Bonchev–Trinajstić information content (AvgIpc) is 2.78. The van der Waals surface area contributed by atoms with E-state index < -0.39 is 17.2 Å². The molecule has 1 atom stereocenters. The molecule has 5 heteroatoms. The van der Waals surface area contributed by atoms with Gasteiger partial charge in [0.2, 0.25) is 0 Å². The first-order valence-corrected chi connectivity index (χ1v) is 5.63. The van der Waals surface area contributed by atoms with Gasteiger partial charge in [0.25, 0.3) is 0 Å². The highest BCUT2D eigenvalue weighted by atomic mass is 19.4. The Morgan fingerprint density at radius 2 is 1.94 bits per heavy atom. The zero-order valence-corrected chi connectivity index (χ0v) is 9.64. The van der Waals surface area contributed by atoms with Crippen LogP contribution in [-0.4, -0.2) is 19.0 Å². The normalized spacial score (nSPS) is 23.7. The van der Waals surface area contributed by atoms with Crippen molar-refractivity contribution in [1.82, 2.24) is 5.32 Å². The quantitative estimate of drug-likeness (QED) is 0.782. The van der Waals surface area contributed by atoms with E-state index in [9.17, 15) is 13.2 Å². The van der Waals surface area contributed by atoms with Gasteiger partial charge in [0.15, 0.2) is 0 Å². The lowest BCUT2D eigenvalue weighted by Crippen LogP contribution is -2.26. The second kappa shape index (κ2) is 4.59. The second-order valence-electron chi connectivity index (χ2n) is 4.45. The average molecular weight is 254 g/mol. The minimum atomic E-state index is -4.31. The van der Waals surface area contributed by atoms with E-state index in [1.165, 1.54) is 12.1 Å². The van der Waals surface area contributed by atoms with Gasteiger partial charge >= 0.3 is 6.18 Å². The van der Waals surface area contributed by atoms with Gasteiger partial charge in [-0.2, -0.15) is 13.2 Å². The summed E-state index contributed by atoms with van der Waals surface area (Å²) in [6.07, 6.45) is -1.92. The molecule has 18 heavy (non-hydrogen) atoms. The van der Waals surface area contributed by atoms with Crippen molar-refractivity contribution >= 4 is 5.87 Å². The zero-order valence-electron chi connectivity index (χ0n) is 9.64. The summed E-state index contributed by atoms with van der Waals surface area (Å²) in [4.78, 5) is 0. The number of alkyl halides is 3. The Morgan fingerprint density at radius 3 is 2.39 bits per heavy atom. The van der Waals surface area contributed by atoms with Gasteiger partial charge in [0.1, 0.15) is 0 Å². The van der Waals surface area contributed by atoms with E-state index >= 15 is 0 Å². The number of benzene rings is 1. The molecule has 0 aliphatic carbocycles. The van der Waals surface area contributed by atoms with Crippen LogP contribution in [0.2, 0.25) is 0 Å². The van der Waals surface area contributed by atoms with Gasteiger partial charge in [-0.05, 0) is 42.6 Å². The molecule has 0 saturated carbocycles. The Bertz CT molecular complexity index is 464. The Hall–Kier alpha value is -1.58. The van der Waals surface area contributed by atoms with Crippen LogP contribution in [-0.2, 0) is 11.6 Å². The van der Waals surface area contributed by atoms with Gasteiger partial charge in [-0.15, -0.1) is 0 Å². The molecule has 1 fully saturated rings. The van der Waals surface area contributed by atoms with Crippen molar-refractivity contribution < 1.29 is 13.2 Å². The highest BCUT2D eigenvalue weighted by molar-refractivity contribution is 5.54. The molecular formula is C13H13F3N2. The van der Waals surface area contributed by atoms with Gasteiger partial charge in [0.05, 0.1) is 5.56 Å². The standard InChI is InChI=1S/C13H13F3N2/c14-13(15,16)11-3-1-10(2-4-11)12(5-7-17)6-8-18-9-12/h1-5,17-18H,6,8-9H2. The van der Waals surface area contributed by atoms with Crippen LogP contribution in [0.3, 0.4) is 0 Å². The van der Waals surface area contributed by atoms with E-state index in [0.29, 0.717) is 6.54 Å². The van der Waals surface area contributed by atoms with Crippen molar-refractivity contribution in [3.8, 4) is 0 Å². The summed E-state index contributed by atoms with van der Waals surface area (Å²) < 4.78 is 37.4. The molecule has 1 heterocycles. The maximum Gasteiger partial charge on any atom is 0.416 e. The van der Waals surface area contributed by atoms with E-state index in [2.05, 4.69) is 11.2 Å². The van der Waals surface area contributed by atoms with Gasteiger partial charge in [-0.25, -0.2) is 0 Å². The van der Waals surface area contributed by atoms with Crippen molar-refractivity contribution in [3.05, 3.63) is 41.5 Å². The van der Waals surface area contributed by atoms with E-state index in [0.717, 1.165) is 30.7 Å². The molecular weight excluding hydrogens is 241 g/mol. The summed E-state index contributed by atoms with van der Waals surface area (Å²) in [6, 6.07) is 5.16. The number of hydrogen-bond acceptors (Lipinski definition) is 2. The van der Waals surface area contributed by atoms with E-state index in [1.54, 1.807) is 6.08 Å². The summed E-state index contributed by atoms with van der Waals surface area (Å²) in [5.41, 5.74) is -0.252. The van der Waals surface area contributed by atoms with Crippen LogP contribution >= 0.6 is 0 Å². The molecule has 0 amide bonds. The smallest absolute Gasteiger partial charge is 0.315 e. The van der Waals surface area contributed by atoms with E-state index in [-0.39, 0.29) is 0 Å². The molecule has 96 valence electrons. The highest BCUT2D eigenvalue weighted by Gasteiger charge is 2.35. The SMILES string of the molecule is N=C=CC1(c2ccc(C(F)(F)F)cc2)CCNC1. The predicted octanol–water partition coefficient (Wildman–Crippen LogP) is 2.74. The van der Waals surface area contributed by atoms with Crippen molar-refractivity contribution in [1.29, 1.82) is 5.41 Å². The third-order valence-corrected chi connectivity index (χ3v) is 3.32. The minimum Gasteiger partial charge on any atom is -0.315 e. The molecule has 1 aliphatic heterocycles. The lowest BCUT2D eigenvalue weighted by molar-refractivity contribution is -0.137. The molecule has 0 aromatic heterocycles. The first-order valence-electron chi connectivity index (χ1n) is 5.63. The van der Waals surface area contributed by atoms with Gasteiger partial charge in [-0.3, -0.25) is 5.41 Å². The lowest BCUT2D eigenvalue weighted by atomic mass is 9.79. The Kier molecular flexibility index (Phi) is 3.28. The fraction of sp³-hybridized carbons (Fsp3) is 0.385. The van der Waals surface area contributed by atoms with Gasteiger partial charge < -0.3 is 5.32 Å². The maximum absolute atomic E-state index is 12.5. The van der Waals surface area contributed by atoms with Crippen LogP contribution in [0.25, 0.3) is 0 Å². The van der Waals surface area contributed by atoms with Crippen LogP contribution in [0, 0.1) is 5.41 Å². The van der Waals surface area contributed by atoms with E-state index in [1.807, 2.05) is 0 Å². The highest BCUT2D eigenvalue weighted by Crippen LogP contribution is 2.34. The maximum atomic E-state index is 12.5. The molecule has 0 radical (unpaired) electrons. The first-order chi connectivity index (χ1) is 8.48. The number of nitrogens with one attached hydrogen (secondary N) is 2. The molecule has 0 spiro atoms. The molecule has 1 aliphatic rings. The molecule has 2 N–H and O–H groups in total. The Balaban J connectivity index is 2.36. The third-order valence-electron chi connectivity index (χ3n) is 3.32. The molecule has 1 aromatic rings.